The maximum atomic E-state index is 14.4. The van der Waals surface area contributed by atoms with E-state index in [0.717, 1.165) is 5.56 Å². The largest absolute Gasteiger partial charge is 0.459 e. The van der Waals surface area contributed by atoms with Gasteiger partial charge in [0.25, 0.3) is 0 Å². The van der Waals surface area contributed by atoms with Gasteiger partial charge in [-0.2, -0.15) is 0 Å². The summed E-state index contributed by atoms with van der Waals surface area (Å²) in [7, 11) is 3.71. The molecule has 15 nitrogen and oxygen atoms in total. The number of carbonyl (C=O) groups excluding carboxylic acids is 4. The smallest absolute Gasteiger partial charge is 0.316 e. The third kappa shape index (κ3) is 9.00. The number of aliphatic hydroxyl groups excluding tert-OH is 1. The molecule has 15 heteroatoms. The number of likely N-dealkylation sites (N-methyl/N-ethyl adjacent to an activating group) is 1. The molecule has 0 spiro atoms. The average Bonchev–Trinajstić information content (AvgIpc) is 3.77. The molecule has 2 amide bonds. The van der Waals surface area contributed by atoms with Crippen LogP contribution in [0, 0.1) is 35.5 Å². The third-order valence-electron chi connectivity index (χ3n) is 11.8. The number of ketones is 2. The van der Waals surface area contributed by atoms with Crippen LogP contribution in [0.3, 0.4) is 0 Å². The van der Waals surface area contributed by atoms with Crippen LogP contribution in [0.25, 0.3) is 11.3 Å². The quantitative estimate of drug-likeness (QED) is 0.210. The topological polar surface area (TPSA) is 192 Å². The highest BCUT2D eigenvalue weighted by Gasteiger charge is 2.55. The lowest BCUT2D eigenvalue weighted by Crippen LogP contribution is -2.62. The first-order chi connectivity index (χ1) is 26.4. The lowest BCUT2D eigenvalue weighted by molar-refractivity contribution is -0.296. The number of aliphatic hydroxyl groups is 1. The Morgan fingerprint density at radius 1 is 1.07 bits per heavy atom. The Bertz CT molecular complexity index is 1790. The molecule has 0 aromatic carbocycles. The number of ether oxygens (including phenoxy) is 4. The van der Waals surface area contributed by atoms with Gasteiger partial charge in [-0.25, -0.2) is 4.79 Å². The molecular weight excluding hydrogens is 722 g/mol. The number of nitrogens with one attached hydrogen (secondary N) is 2. The highest BCUT2D eigenvalue weighted by molar-refractivity contribution is 6.00. The minimum Gasteiger partial charge on any atom is -0.459 e. The van der Waals surface area contributed by atoms with Gasteiger partial charge >= 0.3 is 12.0 Å². The lowest BCUT2D eigenvalue weighted by atomic mass is 9.73. The number of pyridine rings is 1. The SMILES string of the molecule is CC[C@H]1OC(=O)[C@H](C)C(=O)[C@H](C)[C@@H](O[C@@H]2O[C@H](C)C[C@H](N(C)C)[C@H]2O)[C@](C)(OCC#Cc2cc(-c3cccnc3)no2)C[C@@H](C)C(=O)[C@H](C)[C@H]2NC(=O)N[C@@]21C. The zero-order valence-electron chi connectivity index (χ0n) is 34.0. The molecule has 3 saturated heterocycles. The monoisotopic (exact) mass is 779 g/mol. The van der Waals surface area contributed by atoms with Crippen molar-refractivity contribution in [3.63, 3.8) is 0 Å². The normalized spacial score (nSPS) is 37.1. The molecule has 0 aliphatic carbocycles. The van der Waals surface area contributed by atoms with Crippen LogP contribution in [-0.4, -0.2) is 118 Å². The predicted molar refractivity (Wildman–Crippen MR) is 204 cm³/mol. The van der Waals surface area contributed by atoms with Gasteiger partial charge in [0.2, 0.25) is 5.76 Å². The number of esters is 1. The van der Waals surface area contributed by atoms with Gasteiger partial charge in [0, 0.05) is 47.8 Å². The standard InChI is InChI=1S/C41H57N5O10/c1-11-31-41(8)35(43-39(51)44-41)24(4)32(47)22(2)20-40(7,52-17-13-15-28-19-29(45-56-28)27-14-12-16-42-21-27)36(25(5)33(48)26(6)37(50)54-31)55-38-34(49)30(46(9)10)18-23(3)53-38/h12,14,16,19,21-26,30-31,34-36,38,49H,11,17-18,20H2,1-10H3,(H2,43,44,51)/t22-,23-,24+,25+,26-,30+,31-,34-,35-,36-,38+,40-,41-/m1/s1. The molecule has 3 aliphatic rings. The van der Waals surface area contributed by atoms with E-state index >= 15 is 0 Å². The number of hydrogen-bond acceptors (Lipinski definition) is 13. The number of nitrogens with zero attached hydrogens (tertiary/aromatic N) is 3. The summed E-state index contributed by atoms with van der Waals surface area (Å²) >= 11 is 0. The summed E-state index contributed by atoms with van der Waals surface area (Å²) in [4.78, 5) is 61.5. The Morgan fingerprint density at radius 3 is 2.46 bits per heavy atom. The molecule has 5 heterocycles. The second kappa shape index (κ2) is 17.5. The minimum absolute atomic E-state index is 0.0456. The van der Waals surface area contributed by atoms with E-state index in [9.17, 15) is 24.3 Å². The number of Topliss-reactive ketones (excluding diaryl/α,β-unsaturated/α-hetero) is 2. The Kier molecular flexibility index (Phi) is 13.4. The molecule has 3 aliphatic heterocycles. The van der Waals surface area contributed by atoms with Crippen molar-refractivity contribution in [1.82, 2.24) is 25.7 Å². The van der Waals surface area contributed by atoms with Gasteiger partial charge in [-0.3, -0.25) is 19.4 Å². The minimum atomic E-state index is -1.43. The van der Waals surface area contributed by atoms with E-state index in [0.29, 0.717) is 18.5 Å². The Hall–Kier alpha value is -4.20. The average molecular weight is 780 g/mol. The number of rotatable bonds is 7. The van der Waals surface area contributed by atoms with Gasteiger partial charge in [0.1, 0.15) is 36.2 Å². The van der Waals surface area contributed by atoms with Crippen molar-refractivity contribution in [2.75, 3.05) is 20.7 Å². The number of aromatic nitrogens is 2. The van der Waals surface area contributed by atoms with E-state index in [4.69, 9.17) is 23.5 Å². The number of hydrogen-bond donors (Lipinski definition) is 3. The van der Waals surface area contributed by atoms with Crippen molar-refractivity contribution >= 4 is 23.6 Å². The highest BCUT2D eigenvalue weighted by atomic mass is 16.7. The summed E-state index contributed by atoms with van der Waals surface area (Å²) in [5, 5.41) is 21.4. The van der Waals surface area contributed by atoms with Gasteiger partial charge in [0.15, 0.2) is 12.1 Å². The molecular formula is C41H57N5O10. The number of carbonyl (C=O) groups is 4. The number of fused-ring (bicyclic) bond motifs is 1. The van der Waals surface area contributed by atoms with Gasteiger partial charge in [-0.15, -0.1) is 0 Å². The molecule has 56 heavy (non-hydrogen) atoms. The first-order valence-electron chi connectivity index (χ1n) is 19.4. The molecule has 0 bridgehead atoms. The van der Waals surface area contributed by atoms with E-state index < -0.39 is 83.2 Å². The molecule has 3 N–H and O–H groups in total. The highest BCUT2D eigenvalue weighted by Crippen LogP contribution is 2.39. The van der Waals surface area contributed by atoms with Crippen molar-refractivity contribution < 1.29 is 47.8 Å². The molecule has 306 valence electrons. The molecule has 0 saturated carbocycles. The van der Waals surface area contributed by atoms with E-state index in [1.807, 2.05) is 38.9 Å². The van der Waals surface area contributed by atoms with Gasteiger partial charge in [-0.1, -0.05) is 38.8 Å². The molecule has 0 radical (unpaired) electrons. The summed E-state index contributed by atoms with van der Waals surface area (Å²) in [6.07, 6.45) is -0.386. The van der Waals surface area contributed by atoms with Crippen molar-refractivity contribution in [2.45, 2.75) is 129 Å². The number of amides is 2. The maximum Gasteiger partial charge on any atom is 0.316 e. The second-order valence-electron chi connectivity index (χ2n) is 16.3. The third-order valence-corrected chi connectivity index (χ3v) is 11.8. The summed E-state index contributed by atoms with van der Waals surface area (Å²) < 4.78 is 30.9. The molecule has 2 aromatic heterocycles. The van der Waals surface area contributed by atoms with E-state index in [2.05, 4.69) is 32.6 Å². The van der Waals surface area contributed by atoms with Gasteiger partial charge in [0.05, 0.1) is 29.4 Å². The maximum absolute atomic E-state index is 14.4. The molecule has 5 rings (SSSR count). The molecule has 2 aromatic rings. The van der Waals surface area contributed by atoms with Crippen molar-refractivity contribution in [3.05, 3.63) is 36.4 Å². The number of urea groups is 1. The molecule has 0 unspecified atom stereocenters. The second-order valence-corrected chi connectivity index (χ2v) is 16.3. The van der Waals surface area contributed by atoms with Crippen LogP contribution < -0.4 is 10.6 Å². The van der Waals surface area contributed by atoms with Crippen LogP contribution in [-0.2, 0) is 33.3 Å². The number of cyclic esters (lactones) is 1. The Morgan fingerprint density at radius 2 is 1.80 bits per heavy atom. The summed E-state index contributed by atoms with van der Waals surface area (Å²) in [6, 6.07) is 3.76. The first kappa shape index (κ1) is 42.9. The van der Waals surface area contributed by atoms with Crippen LogP contribution in [0.5, 0.6) is 0 Å². The zero-order chi connectivity index (χ0) is 41.1. The van der Waals surface area contributed by atoms with Crippen LogP contribution in [0.15, 0.2) is 35.1 Å². The molecule has 13 atom stereocenters. The van der Waals surface area contributed by atoms with Crippen molar-refractivity contribution in [1.29, 1.82) is 0 Å². The van der Waals surface area contributed by atoms with Gasteiger partial charge in [-0.05, 0) is 79.1 Å². The lowest BCUT2D eigenvalue weighted by Gasteiger charge is -2.47. The van der Waals surface area contributed by atoms with Crippen LogP contribution >= 0.6 is 0 Å². The summed E-state index contributed by atoms with van der Waals surface area (Å²) in [6.45, 7) is 13.6. The van der Waals surface area contributed by atoms with E-state index in [-0.39, 0.29) is 36.7 Å². The van der Waals surface area contributed by atoms with Gasteiger partial charge < -0.3 is 44.1 Å². The summed E-state index contributed by atoms with van der Waals surface area (Å²) in [5.41, 5.74) is -1.27. The zero-order valence-corrected chi connectivity index (χ0v) is 34.0. The van der Waals surface area contributed by atoms with E-state index in [1.54, 1.807) is 59.1 Å². The predicted octanol–water partition coefficient (Wildman–Crippen LogP) is 3.52. The van der Waals surface area contributed by atoms with Crippen LogP contribution in [0.4, 0.5) is 4.79 Å². The van der Waals surface area contributed by atoms with Crippen LogP contribution in [0.2, 0.25) is 0 Å². The van der Waals surface area contributed by atoms with E-state index in [1.165, 1.54) is 6.92 Å². The van der Waals surface area contributed by atoms with Crippen molar-refractivity contribution in [3.8, 4) is 23.1 Å². The fraction of sp³-hybridized carbons (Fsp3) is 0.659. The Balaban J connectivity index is 1.55. The fourth-order valence-electron chi connectivity index (χ4n) is 8.58. The van der Waals surface area contributed by atoms with Crippen molar-refractivity contribution in [2.24, 2.45) is 23.7 Å². The summed E-state index contributed by atoms with van der Waals surface area (Å²) in [5.74, 6) is 1.03. The molecule has 3 fully saturated rings. The van der Waals surface area contributed by atoms with Crippen LogP contribution in [0.1, 0.15) is 80.4 Å². The first-order valence-corrected chi connectivity index (χ1v) is 19.4. The Labute approximate surface area is 328 Å². The fourth-order valence-corrected chi connectivity index (χ4v) is 8.58.